The van der Waals surface area contributed by atoms with Crippen molar-refractivity contribution in [1.29, 1.82) is 0 Å². The summed E-state index contributed by atoms with van der Waals surface area (Å²) in [4.78, 5) is 25.2. The van der Waals surface area contributed by atoms with Gasteiger partial charge >= 0.3 is 0 Å². The molecule has 4 nitrogen and oxygen atoms in total. The van der Waals surface area contributed by atoms with Gasteiger partial charge in [-0.1, -0.05) is 17.7 Å². The fourth-order valence-corrected chi connectivity index (χ4v) is 1.76. The molecule has 0 bridgehead atoms. The lowest BCUT2D eigenvalue weighted by molar-refractivity contribution is 0.102. The minimum absolute atomic E-state index is 0.255. The van der Waals surface area contributed by atoms with Crippen LogP contribution >= 0.6 is 0 Å². The topological polar surface area (TPSA) is 62.0 Å². The molecule has 0 aliphatic heterocycles. The van der Waals surface area contributed by atoms with Crippen molar-refractivity contribution in [2.24, 2.45) is 0 Å². The summed E-state index contributed by atoms with van der Waals surface area (Å²) < 4.78 is 0. The summed E-state index contributed by atoms with van der Waals surface area (Å²) >= 11 is 0. The van der Waals surface area contributed by atoms with E-state index in [9.17, 15) is 9.59 Å². The van der Waals surface area contributed by atoms with Gasteiger partial charge in [0.1, 0.15) is 5.69 Å². The van der Waals surface area contributed by atoms with E-state index in [-0.39, 0.29) is 5.91 Å². The molecule has 0 radical (unpaired) electrons. The minimum Gasteiger partial charge on any atom is -0.348 e. The molecule has 92 valence electrons. The largest absolute Gasteiger partial charge is 0.348 e. The first-order valence-corrected chi connectivity index (χ1v) is 5.63. The van der Waals surface area contributed by atoms with Crippen molar-refractivity contribution >= 4 is 17.9 Å². The number of rotatable bonds is 3. The summed E-state index contributed by atoms with van der Waals surface area (Å²) in [6.07, 6.45) is 0.675. The van der Waals surface area contributed by atoms with E-state index in [1.54, 1.807) is 12.1 Å². The number of carbonyl (C=O) groups is 2. The van der Waals surface area contributed by atoms with Crippen LogP contribution in [0.15, 0.2) is 30.3 Å². The molecule has 1 amide bonds. The summed E-state index contributed by atoms with van der Waals surface area (Å²) in [5, 5.41) is 2.81. The van der Waals surface area contributed by atoms with Gasteiger partial charge in [0.25, 0.3) is 5.91 Å². The van der Waals surface area contributed by atoms with Crippen molar-refractivity contribution < 1.29 is 9.59 Å². The Bertz CT molecular complexity index is 600. The summed E-state index contributed by atoms with van der Waals surface area (Å²) in [5.74, 6) is -0.255. The van der Waals surface area contributed by atoms with Gasteiger partial charge in [0.2, 0.25) is 0 Å². The van der Waals surface area contributed by atoms with Crippen LogP contribution in [0.25, 0.3) is 0 Å². The van der Waals surface area contributed by atoms with E-state index in [0.717, 1.165) is 16.8 Å². The van der Waals surface area contributed by atoms with Crippen LogP contribution in [0, 0.1) is 13.8 Å². The molecule has 0 unspecified atom stereocenters. The number of H-pyrrole nitrogens is 1. The predicted octanol–water partition coefficient (Wildman–Crippen LogP) is 2.70. The molecule has 18 heavy (non-hydrogen) atoms. The third-order valence-electron chi connectivity index (χ3n) is 2.71. The first-order valence-electron chi connectivity index (χ1n) is 5.63. The van der Waals surface area contributed by atoms with Gasteiger partial charge in [-0.05, 0) is 37.6 Å². The molecule has 1 heterocycles. The van der Waals surface area contributed by atoms with Crippen LogP contribution in [0.1, 0.15) is 32.1 Å². The number of carbonyl (C=O) groups excluding carboxylic acids is 2. The molecular weight excluding hydrogens is 228 g/mol. The van der Waals surface area contributed by atoms with Crippen LogP contribution in [-0.4, -0.2) is 17.2 Å². The van der Waals surface area contributed by atoms with Crippen molar-refractivity contribution in [3.8, 4) is 0 Å². The van der Waals surface area contributed by atoms with Crippen LogP contribution in [0.3, 0.4) is 0 Å². The maximum absolute atomic E-state index is 11.9. The van der Waals surface area contributed by atoms with Gasteiger partial charge < -0.3 is 10.3 Å². The minimum atomic E-state index is -0.255. The number of aromatic amines is 1. The molecule has 4 heteroatoms. The number of hydrogen-bond acceptors (Lipinski definition) is 2. The highest BCUT2D eigenvalue weighted by Gasteiger charge is 2.09. The molecule has 0 saturated heterocycles. The number of hydrogen-bond donors (Lipinski definition) is 2. The molecule has 0 fully saturated rings. The molecular formula is C14H14N2O2. The molecule has 0 saturated carbocycles. The molecule has 0 aliphatic carbocycles. The van der Waals surface area contributed by atoms with Crippen LogP contribution in [0.2, 0.25) is 0 Å². The second kappa shape index (κ2) is 4.87. The summed E-state index contributed by atoms with van der Waals surface area (Å²) in [6, 6.07) is 8.97. The maximum Gasteiger partial charge on any atom is 0.272 e. The predicted molar refractivity (Wildman–Crippen MR) is 70.0 cm³/mol. The Morgan fingerprint density at radius 1 is 1.22 bits per heavy atom. The second-order valence-corrected chi connectivity index (χ2v) is 4.22. The second-order valence-electron chi connectivity index (χ2n) is 4.22. The fourth-order valence-electron chi connectivity index (χ4n) is 1.76. The van der Waals surface area contributed by atoms with Crippen LogP contribution in [-0.2, 0) is 0 Å². The standard InChI is InChI=1S/C14H14N2O2/c1-9-3-5-12(10(2)7-9)16-14(18)13-6-4-11(8-17)15-13/h3-8,15H,1-2H3,(H,16,18). The lowest BCUT2D eigenvalue weighted by atomic mass is 10.1. The average molecular weight is 242 g/mol. The number of aromatic nitrogens is 1. The quantitative estimate of drug-likeness (QED) is 0.813. The van der Waals surface area contributed by atoms with Crippen molar-refractivity contribution in [1.82, 2.24) is 4.98 Å². The van der Waals surface area contributed by atoms with E-state index in [2.05, 4.69) is 10.3 Å². The zero-order valence-corrected chi connectivity index (χ0v) is 10.3. The van der Waals surface area contributed by atoms with Crippen LogP contribution in [0.4, 0.5) is 5.69 Å². The molecule has 2 N–H and O–H groups in total. The van der Waals surface area contributed by atoms with Crippen molar-refractivity contribution in [3.05, 3.63) is 52.8 Å². The van der Waals surface area contributed by atoms with Crippen molar-refractivity contribution in [2.75, 3.05) is 5.32 Å². The number of amides is 1. The Hall–Kier alpha value is -2.36. The third kappa shape index (κ3) is 2.48. The summed E-state index contributed by atoms with van der Waals surface area (Å²) in [6.45, 7) is 3.94. The molecule has 1 aromatic heterocycles. The number of anilines is 1. The van der Waals surface area contributed by atoms with Gasteiger partial charge in [-0.3, -0.25) is 9.59 Å². The summed E-state index contributed by atoms with van der Waals surface area (Å²) in [7, 11) is 0. The zero-order chi connectivity index (χ0) is 13.1. The maximum atomic E-state index is 11.9. The van der Waals surface area contributed by atoms with Crippen LogP contribution in [0.5, 0.6) is 0 Å². The van der Waals surface area contributed by atoms with Crippen LogP contribution < -0.4 is 5.32 Å². The first kappa shape index (κ1) is 12.1. The average Bonchev–Trinajstić information content (AvgIpc) is 2.81. The number of aldehydes is 1. The van der Waals surface area contributed by atoms with E-state index >= 15 is 0 Å². The lowest BCUT2D eigenvalue weighted by Crippen LogP contribution is -2.13. The highest BCUT2D eigenvalue weighted by molar-refractivity contribution is 6.03. The van der Waals surface area contributed by atoms with Gasteiger partial charge in [-0.25, -0.2) is 0 Å². The molecule has 2 aromatic rings. The number of aryl methyl sites for hydroxylation is 2. The number of benzene rings is 1. The number of nitrogens with one attached hydrogen (secondary N) is 2. The Kier molecular flexibility index (Phi) is 3.28. The Morgan fingerprint density at radius 3 is 2.61 bits per heavy atom. The zero-order valence-electron chi connectivity index (χ0n) is 10.3. The third-order valence-corrected chi connectivity index (χ3v) is 2.71. The molecule has 0 atom stereocenters. The van der Waals surface area contributed by atoms with E-state index in [1.807, 2.05) is 32.0 Å². The normalized spacial score (nSPS) is 10.1. The highest BCUT2D eigenvalue weighted by atomic mass is 16.2. The van der Waals surface area contributed by atoms with Crippen molar-refractivity contribution in [3.63, 3.8) is 0 Å². The van der Waals surface area contributed by atoms with Crippen molar-refractivity contribution in [2.45, 2.75) is 13.8 Å². The van der Waals surface area contributed by atoms with E-state index in [0.29, 0.717) is 17.7 Å². The summed E-state index contributed by atoms with van der Waals surface area (Å²) in [5.41, 5.74) is 3.69. The molecule has 2 rings (SSSR count). The van der Waals surface area contributed by atoms with Gasteiger partial charge in [-0.2, -0.15) is 0 Å². The Balaban J connectivity index is 2.18. The fraction of sp³-hybridized carbons (Fsp3) is 0.143. The van der Waals surface area contributed by atoms with Gasteiger partial charge in [0, 0.05) is 5.69 Å². The van der Waals surface area contributed by atoms with Gasteiger partial charge in [-0.15, -0.1) is 0 Å². The molecule has 0 aliphatic rings. The van der Waals surface area contributed by atoms with Gasteiger partial charge in [0.05, 0.1) is 5.69 Å². The van der Waals surface area contributed by atoms with E-state index in [1.165, 1.54) is 0 Å². The van der Waals surface area contributed by atoms with Gasteiger partial charge in [0.15, 0.2) is 6.29 Å². The molecule has 1 aromatic carbocycles. The first-order chi connectivity index (χ1) is 8.60. The monoisotopic (exact) mass is 242 g/mol. The smallest absolute Gasteiger partial charge is 0.272 e. The van der Waals surface area contributed by atoms with E-state index < -0.39 is 0 Å². The SMILES string of the molecule is Cc1ccc(NC(=O)c2ccc(C=O)[nH]2)c(C)c1. The van der Waals surface area contributed by atoms with E-state index in [4.69, 9.17) is 0 Å². The molecule has 0 spiro atoms. The lowest BCUT2D eigenvalue weighted by Gasteiger charge is -2.08. The highest BCUT2D eigenvalue weighted by Crippen LogP contribution is 2.16. The Labute approximate surface area is 105 Å². The Morgan fingerprint density at radius 2 is 2.00 bits per heavy atom.